The van der Waals surface area contributed by atoms with E-state index in [0.717, 1.165) is 12.1 Å². The van der Waals surface area contributed by atoms with Crippen LogP contribution in [0.1, 0.15) is 11.1 Å². The van der Waals surface area contributed by atoms with Gasteiger partial charge in [-0.3, -0.25) is 0 Å². The first-order chi connectivity index (χ1) is 10.9. The van der Waals surface area contributed by atoms with E-state index in [1.165, 1.54) is 0 Å². The van der Waals surface area contributed by atoms with Crippen molar-refractivity contribution in [3.63, 3.8) is 0 Å². The Bertz CT molecular complexity index is 908. The third kappa shape index (κ3) is 2.88. The van der Waals surface area contributed by atoms with Crippen LogP contribution in [0.5, 0.6) is 0 Å². The lowest BCUT2D eigenvalue weighted by atomic mass is 10.0. The van der Waals surface area contributed by atoms with Gasteiger partial charge in [0.25, 0.3) is 0 Å². The lowest BCUT2D eigenvalue weighted by molar-refractivity contribution is -0.137. The largest absolute Gasteiger partial charge is 0.416 e. The number of halogens is 4. The van der Waals surface area contributed by atoms with Gasteiger partial charge in [0.2, 0.25) is 0 Å². The minimum Gasteiger partial charge on any atom is -0.355 e. The van der Waals surface area contributed by atoms with Gasteiger partial charge in [0.05, 0.1) is 23.4 Å². The molecule has 0 aliphatic rings. The minimum absolute atomic E-state index is 0.182. The van der Waals surface area contributed by atoms with Crippen LogP contribution in [0.3, 0.4) is 0 Å². The molecule has 3 aromatic rings. The van der Waals surface area contributed by atoms with Gasteiger partial charge in [-0.15, -0.1) is 0 Å². The number of fused-ring (bicyclic) bond motifs is 1. The van der Waals surface area contributed by atoms with Gasteiger partial charge in [-0.2, -0.15) is 18.4 Å². The fourth-order valence-corrected chi connectivity index (χ4v) is 2.43. The Morgan fingerprint density at radius 2 is 1.87 bits per heavy atom. The Morgan fingerprint density at radius 3 is 2.48 bits per heavy atom. The molecule has 0 amide bonds. The topological polar surface area (TPSA) is 49.8 Å². The SMILES string of the molecule is N#CCc1cc(C(F)(F)F)cc2c(-c3ccc(Cl)cc3)onc12. The number of nitriles is 1. The summed E-state index contributed by atoms with van der Waals surface area (Å²) in [5.74, 6) is 0.210. The van der Waals surface area contributed by atoms with Gasteiger partial charge >= 0.3 is 6.18 Å². The second kappa shape index (κ2) is 5.60. The van der Waals surface area contributed by atoms with Gasteiger partial charge in [-0.05, 0) is 42.0 Å². The summed E-state index contributed by atoms with van der Waals surface area (Å²) in [7, 11) is 0. The van der Waals surface area contributed by atoms with Gasteiger partial charge in [-0.25, -0.2) is 0 Å². The lowest BCUT2D eigenvalue weighted by Gasteiger charge is -2.08. The van der Waals surface area contributed by atoms with Crippen LogP contribution in [0.15, 0.2) is 40.9 Å². The van der Waals surface area contributed by atoms with Crippen LogP contribution in [0.25, 0.3) is 22.2 Å². The van der Waals surface area contributed by atoms with Crippen LogP contribution in [0, 0.1) is 11.3 Å². The van der Waals surface area contributed by atoms with Crippen molar-refractivity contribution in [2.45, 2.75) is 12.6 Å². The van der Waals surface area contributed by atoms with Crippen molar-refractivity contribution in [2.24, 2.45) is 0 Å². The fourth-order valence-electron chi connectivity index (χ4n) is 2.31. The quantitative estimate of drug-likeness (QED) is 0.643. The van der Waals surface area contributed by atoms with Crippen LogP contribution in [-0.4, -0.2) is 5.16 Å². The Kier molecular flexibility index (Phi) is 3.74. The summed E-state index contributed by atoms with van der Waals surface area (Å²) >= 11 is 5.81. The number of hydrogen-bond acceptors (Lipinski definition) is 3. The number of nitrogens with zero attached hydrogens (tertiary/aromatic N) is 2. The average molecular weight is 337 g/mol. The zero-order chi connectivity index (χ0) is 16.6. The van der Waals surface area contributed by atoms with E-state index < -0.39 is 11.7 Å². The van der Waals surface area contributed by atoms with Crippen LogP contribution < -0.4 is 0 Å². The van der Waals surface area contributed by atoms with Gasteiger partial charge in [0.1, 0.15) is 5.52 Å². The summed E-state index contributed by atoms with van der Waals surface area (Å²) in [6.45, 7) is 0. The molecule has 0 atom stereocenters. The Labute approximate surface area is 133 Å². The molecule has 0 radical (unpaired) electrons. The molecule has 0 aliphatic carbocycles. The van der Waals surface area contributed by atoms with E-state index in [0.29, 0.717) is 10.6 Å². The Morgan fingerprint density at radius 1 is 1.17 bits per heavy atom. The molecule has 0 bridgehead atoms. The van der Waals surface area contributed by atoms with Gasteiger partial charge in [0.15, 0.2) is 5.76 Å². The summed E-state index contributed by atoms with van der Waals surface area (Å²) in [4.78, 5) is 0. The molecule has 0 aliphatic heterocycles. The van der Waals surface area contributed by atoms with E-state index in [2.05, 4.69) is 5.16 Å². The normalized spacial score (nSPS) is 11.6. The molecule has 0 fully saturated rings. The number of hydrogen-bond donors (Lipinski definition) is 0. The van der Waals surface area contributed by atoms with Crippen molar-refractivity contribution in [2.75, 3.05) is 0 Å². The summed E-state index contributed by atoms with van der Waals surface area (Å²) in [6, 6.07) is 10.2. The predicted molar refractivity (Wildman–Crippen MR) is 78.8 cm³/mol. The Balaban J connectivity index is 2.27. The molecule has 1 heterocycles. The first-order valence-corrected chi connectivity index (χ1v) is 6.90. The third-order valence-electron chi connectivity index (χ3n) is 3.36. The van der Waals surface area contributed by atoms with Gasteiger partial charge in [-0.1, -0.05) is 16.8 Å². The molecule has 3 rings (SSSR count). The zero-order valence-corrected chi connectivity index (χ0v) is 12.2. The van der Waals surface area contributed by atoms with Crippen molar-refractivity contribution < 1.29 is 17.7 Å². The highest BCUT2D eigenvalue weighted by Gasteiger charge is 2.32. The van der Waals surface area contributed by atoms with Crippen molar-refractivity contribution in [3.8, 4) is 17.4 Å². The van der Waals surface area contributed by atoms with Crippen LogP contribution in [-0.2, 0) is 12.6 Å². The van der Waals surface area contributed by atoms with Crippen molar-refractivity contribution >= 4 is 22.5 Å². The molecule has 0 unspecified atom stereocenters. The highest BCUT2D eigenvalue weighted by molar-refractivity contribution is 6.30. The van der Waals surface area contributed by atoms with E-state index in [1.807, 2.05) is 6.07 Å². The maximum Gasteiger partial charge on any atom is 0.416 e. The second-order valence-corrected chi connectivity index (χ2v) is 5.32. The first kappa shape index (κ1) is 15.4. The average Bonchev–Trinajstić information content (AvgIpc) is 2.91. The van der Waals surface area contributed by atoms with E-state index in [-0.39, 0.29) is 28.6 Å². The number of aromatic nitrogens is 1. The molecule has 0 N–H and O–H groups in total. The van der Waals surface area contributed by atoms with Crippen molar-refractivity contribution in [1.82, 2.24) is 5.16 Å². The highest BCUT2D eigenvalue weighted by Crippen LogP contribution is 2.37. The molecule has 1 aromatic heterocycles. The molecule has 2 aromatic carbocycles. The van der Waals surface area contributed by atoms with Crippen LogP contribution >= 0.6 is 11.6 Å². The summed E-state index contributed by atoms with van der Waals surface area (Å²) in [5, 5.41) is 13.4. The number of rotatable bonds is 2. The van der Waals surface area contributed by atoms with Crippen molar-refractivity contribution in [1.29, 1.82) is 5.26 Å². The lowest BCUT2D eigenvalue weighted by Crippen LogP contribution is -2.05. The molecule has 3 nitrogen and oxygen atoms in total. The summed E-state index contributed by atoms with van der Waals surface area (Å²) < 4.78 is 44.5. The smallest absolute Gasteiger partial charge is 0.355 e. The zero-order valence-electron chi connectivity index (χ0n) is 11.5. The maximum atomic E-state index is 13.1. The van der Waals surface area contributed by atoms with E-state index in [4.69, 9.17) is 21.4 Å². The molecule has 0 saturated heterocycles. The summed E-state index contributed by atoms with van der Waals surface area (Å²) in [6.07, 6.45) is -4.71. The fraction of sp³-hybridized carbons (Fsp3) is 0.125. The van der Waals surface area contributed by atoms with Crippen molar-refractivity contribution in [3.05, 3.63) is 52.5 Å². The van der Waals surface area contributed by atoms with Gasteiger partial charge < -0.3 is 4.52 Å². The molecular weight excluding hydrogens is 329 g/mol. The third-order valence-corrected chi connectivity index (χ3v) is 3.62. The maximum absolute atomic E-state index is 13.1. The summed E-state index contributed by atoms with van der Waals surface area (Å²) in [5.41, 5.74) is 0.151. The van der Waals surface area contributed by atoms with E-state index in [1.54, 1.807) is 24.3 Å². The first-order valence-electron chi connectivity index (χ1n) is 6.52. The van der Waals surface area contributed by atoms with Crippen LogP contribution in [0.4, 0.5) is 13.2 Å². The minimum atomic E-state index is -4.52. The molecule has 0 saturated carbocycles. The molecular formula is C16H8ClF3N2O. The monoisotopic (exact) mass is 336 g/mol. The Hall–Kier alpha value is -2.52. The second-order valence-electron chi connectivity index (χ2n) is 4.88. The number of benzene rings is 2. The molecule has 0 spiro atoms. The standard InChI is InChI=1S/C16H8ClF3N2O/c17-12-3-1-9(2-4-12)15-13-8-11(16(18,19)20)7-10(5-6-21)14(13)22-23-15/h1-4,7-8H,5H2. The highest BCUT2D eigenvalue weighted by atomic mass is 35.5. The predicted octanol–water partition coefficient (Wildman–Crippen LogP) is 5.23. The molecule has 23 heavy (non-hydrogen) atoms. The van der Waals surface area contributed by atoms with E-state index >= 15 is 0 Å². The molecule has 7 heteroatoms. The molecule has 116 valence electrons. The van der Waals surface area contributed by atoms with Gasteiger partial charge in [0, 0.05) is 10.6 Å². The van der Waals surface area contributed by atoms with Crippen LogP contribution in [0.2, 0.25) is 5.02 Å². The number of alkyl halides is 3. The van der Waals surface area contributed by atoms with E-state index in [9.17, 15) is 13.2 Å².